The predicted molar refractivity (Wildman–Crippen MR) is 104 cm³/mol. The van der Waals surface area contributed by atoms with Gasteiger partial charge < -0.3 is 0 Å². The van der Waals surface area contributed by atoms with E-state index in [9.17, 15) is 0 Å². The van der Waals surface area contributed by atoms with Crippen molar-refractivity contribution in [2.24, 2.45) is 0 Å². The molecule has 2 heterocycles. The van der Waals surface area contributed by atoms with E-state index < -0.39 is 0 Å². The molecule has 0 amide bonds. The van der Waals surface area contributed by atoms with Crippen molar-refractivity contribution in [3.05, 3.63) is 72.1 Å². The minimum atomic E-state index is 0.221. The Morgan fingerprint density at radius 3 is 2.62 bits per heavy atom. The topological polar surface area (TPSA) is 46.8 Å². The molecule has 1 aromatic carbocycles. The van der Waals surface area contributed by atoms with Crippen LogP contribution in [-0.2, 0) is 13.0 Å². The summed E-state index contributed by atoms with van der Waals surface area (Å²) in [5.41, 5.74) is 4.70. The maximum absolute atomic E-state index is 4.53. The SMILES string of the molecule is CCCCc1ccc(-n2cc(CN(C)[C@H](C)c3ccncn3)cn2)cc1. The van der Waals surface area contributed by atoms with Gasteiger partial charge in [-0.1, -0.05) is 25.5 Å². The van der Waals surface area contributed by atoms with Crippen LogP contribution in [0.3, 0.4) is 0 Å². The van der Waals surface area contributed by atoms with Crippen LogP contribution in [0.15, 0.2) is 55.2 Å². The van der Waals surface area contributed by atoms with Gasteiger partial charge in [0.1, 0.15) is 6.33 Å². The second-order valence-electron chi connectivity index (χ2n) is 6.79. The smallest absolute Gasteiger partial charge is 0.115 e. The van der Waals surface area contributed by atoms with Crippen molar-refractivity contribution in [3.63, 3.8) is 0 Å². The van der Waals surface area contributed by atoms with E-state index in [0.29, 0.717) is 0 Å². The monoisotopic (exact) mass is 349 g/mol. The van der Waals surface area contributed by atoms with Crippen LogP contribution in [0, 0.1) is 0 Å². The van der Waals surface area contributed by atoms with Crippen LogP contribution < -0.4 is 0 Å². The highest BCUT2D eigenvalue weighted by Gasteiger charge is 2.14. The van der Waals surface area contributed by atoms with Crippen molar-refractivity contribution in [3.8, 4) is 5.69 Å². The fraction of sp³-hybridized carbons (Fsp3) is 0.381. The van der Waals surface area contributed by atoms with E-state index in [0.717, 1.165) is 24.3 Å². The highest BCUT2D eigenvalue weighted by atomic mass is 15.3. The fourth-order valence-corrected chi connectivity index (χ4v) is 2.98. The highest BCUT2D eigenvalue weighted by molar-refractivity contribution is 5.34. The number of rotatable bonds is 8. The third-order valence-electron chi connectivity index (χ3n) is 4.78. The molecule has 2 aromatic heterocycles. The van der Waals surface area contributed by atoms with Gasteiger partial charge in [0.15, 0.2) is 0 Å². The Labute approximate surface area is 155 Å². The molecule has 0 fully saturated rings. The van der Waals surface area contributed by atoms with E-state index in [-0.39, 0.29) is 6.04 Å². The first-order chi connectivity index (χ1) is 12.7. The number of nitrogens with zero attached hydrogens (tertiary/aromatic N) is 5. The van der Waals surface area contributed by atoms with Crippen molar-refractivity contribution in [2.75, 3.05) is 7.05 Å². The molecule has 3 rings (SSSR count). The van der Waals surface area contributed by atoms with Crippen LogP contribution in [0.25, 0.3) is 5.69 Å². The summed E-state index contributed by atoms with van der Waals surface area (Å²) in [5.74, 6) is 0. The molecule has 0 unspecified atom stereocenters. The first kappa shape index (κ1) is 18.3. The minimum absolute atomic E-state index is 0.221. The number of unbranched alkanes of at least 4 members (excludes halogenated alkanes) is 1. The lowest BCUT2D eigenvalue weighted by Gasteiger charge is -2.23. The molecule has 0 N–H and O–H groups in total. The first-order valence-corrected chi connectivity index (χ1v) is 9.26. The molecule has 0 saturated heterocycles. The molecular weight excluding hydrogens is 322 g/mol. The molecule has 1 atom stereocenters. The Morgan fingerprint density at radius 2 is 1.92 bits per heavy atom. The van der Waals surface area contributed by atoms with Gasteiger partial charge in [-0.05, 0) is 50.6 Å². The molecule has 0 spiro atoms. The van der Waals surface area contributed by atoms with Gasteiger partial charge in [0.25, 0.3) is 0 Å². The summed E-state index contributed by atoms with van der Waals surface area (Å²) in [7, 11) is 2.10. The number of benzene rings is 1. The molecule has 5 nitrogen and oxygen atoms in total. The van der Waals surface area contributed by atoms with Crippen LogP contribution >= 0.6 is 0 Å². The second-order valence-corrected chi connectivity index (χ2v) is 6.79. The summed E-state index contributed by atoms with van der Waals surface area (Å²) in [6.07, 6.45) is 11.0. The molecule has 136 valence electrons. The molecule has 3 aromatic rings. The summed E-state index contributed by atoms with van der Waals surface area (Å²) in [6, 6.07) is 10.9. The number of aryl methyl sites for hydroxylation is 1. The van der Waals surface area contributed by atoms with E-state index in [2.05, 4.69) is 71.3 Å². The molecular formula is C21H27N5. The Balaban J connectivity index is 1.64. The summed E-state index contributed by atoms with van der Waals surface area (Å²) in [4.78, 5) is 10.6. The van der Waals surface area contributed by atoms with Crippen LogP contribution in [0.2, 0.25) is 0 Å². The number of aromatic nitrogens is 4. The van der Waals surface area contributed by atoms with Gasteiger partial charge in [-0.3, -0.25) is 4.90 Å². The molecule has 26 heavy (non-hydrogen) atoms. The van der Waals surface area contributed by atoms with Gasteiger partial charge in [0.2, 0.25) is 0 Å². The lowest BCUT2D eigenvalue weighted by Crippen LogP contribution is -2.22. The maximum Gasteiger partial charge on any atom is 0.115 e. The molecule has 0 bridgehead atoms. The van der Waals surface area contributed by atoms with Crippen LogP contribution in [0.4, 0.5) is 0 Å². The first-order valence-electron chi connectivity index (χ1n) is 9.26. The van der Waals surface area contributed by atoms with Crippen molar-refractivity contribution in [1.29, 1.82) is 0 Å². The highest BCUT2D eigenvalue weighted by Crippen LogP contribution is 2.19. The van der Waals surface area contributed by atoms with Crippen molar-refractivity contribution in [2.45, 2.75) is 45.7 Å². The minimum Gasteiger partial charge on any atom is -0.294 e. The van der Waals surface area contributed by atoms with E-state index >= 15 is 0 Å². The van der Waals surface area contributed by atoms with Crippen LogP contribution in [-0.4, -0.2) is 31.7 Å². The zero-order chi connectivity index (χ0) is 18.4. The normalized spacial score (nSPS) is 12.5. The zero-order valence-corrected chi connectivity index (χ0v) is 15.8. The summed E-state index contributed by atoms with van der Waals surface area (Å²) >= 11 is 0. The Kier molecular flexibility index (Phi) is 6.12. The van der Waals surface area contributed by atoms with Gasteiger partial charge in [-0.2, -0.15) is 5.10 Å². The van der Waals surface area contributed by atoms with Gasteiger partial charge in [0.05, 0.1) is 17.6 Å². The van der Waals surface area contributed by atoms with Gasteiger partial charge in [-0.25, -0.2) is 14.6 Å². The lowest BCUT2D eigenvalue weighted by molar-refractivity contribution is 0.248. The molecule has 0 aliphatic carbocycles. The van der Waals surface area contributed by atoms with Crippen LogP contribution in [0.1, 0.15) is 49.6 Å². The number of hydrogen-bond acceptors (Lipinski definition) is 4. The van der Waals surface area contributed by atoms with Gasteiger partial charge in [0, 0.05) is 30.5 Å². The Morgan fingerprint density at radius 1 is 1.12 bits per heavy atom. The fourth-order valence-electron chi connectivity index (χ4n) is 2.98. The van der Waals surface area contributed by atoms with Gasteiger partial charge in [-0.15, -0.1) is 0 Å². The van der Waals surface area contributed by atoms with Crippen molar-refractivity contribution in [1.82, 2.24) is 24.6 Å². The standard InChI is InChI=1S/C21H27N5/c1-4-5-6-18-7-9-20(10-8-18)26-15-19(13-24-26)14-25(3)17(2)21-11-12-22-16-23-21/h7-13,15-17H,4-6,14H2,1-3H3/t17-/m1/s1. The van der Waals surface area contributed by atoms with E-state index in [1.54, 1.807) is 12.5 Å². The van der Waals surface area contributed by atoms with Crippen LogP contribution in [0.5, 0.6) is 0 Å². The van der Waals surface area contributed by atoms with Crippen molar-refractivity contribution < 1.29 is 0 Å². The third kappa shape index (κ3) is 4.55. The molecule has 0 aliphatic heterocycles. The molecule has 0 saturated carbocycles. The summed E-state index contributed by atoms with van der Waals surface area (Å²) in [5, 5.41) is 4.53. The molecule has 0 radical (unpaired) electrons. The Bertz CT molecular complexity index is 795. The maximum atomic E-state index is 4.53. The van der Waals surface area contributed by atoms with E-state index in [4.69, 9.17) is 0 Å². The average molecular weight is 349 g/mol. The predicted octanol–water partition coefficient (Wildman–Crippen LogP) is 4.20. The van der Waals surface area contributed by atoms with Crippen molar-refractivity contribution >= 4 is 0 Å². The van der Waals surface area contributed by atoms with E-state index in [1.165, 1.54) is 24.0 Å². The quantitative estimate of drug-likeness (QED) is 0.611. The van der Waals surface area contributed by atoms with Gasteiger partial charge >= 0.3 is 0 Å². The largest absolute Gasteiger partial charge is 0.294 e. The van der Waals surface area contributed by atoms with E-state index in [1.807, 2.05) is 16.9 Å². The average Bonchev–Trinajstić information content (AvgIpc) is 3.15. The Hall–Kier alpha value is -2.53. The third-order valence-corrected chi connectivity index (χ3v) is 4.78. The summed E-state index contributed by atoms with van der Waals surface area (Å²) < 4.78 is 1.95. The zero-order valence-electron chi connectivity index (χ0n) is 15.8. The number of hydrogen-bond donors (Lipinski definition) is 0. The molecule has 5 heteroatoms. The second kappa shape index (κ2) is 8.72. The lowest BCUT2D eigenvalue weighted by atomic mass is 10.1. The molecule has 0 aliphatic rings. The summed E-state index contributed by atoms with van der Waals surface area (Å²) in [6.45, 7) is 5.20.